The van der Waals surface area contributed by atoms with Gasteiger partial charge in [-0.05, 0) is 31.2 Å². The fourth-order valence-electron chi connectivity index (χ4n) is 2.65. The molecule has 0 bridgehead atoms. The van der Waals surface area contributed by atoms with Gasteiger partial charge in [0, 0.05) is 37.7 Å². The predicted octanol–water partition coefficient (Wildman–Crippen LogP) is 0.976. The second-order valence-corrected chi connectivity index (χ2v) is 7.92. The van der Waals surface area contributed by atoms with Gasteiger partial charge in [-0.1, -0.05) is 5.16 Å². The van der Waals surface area contributed by atoms with Crippen molar-refractivity contribution < 1.29 is 22.5 Å². The van der Waals surface area contributed by atoms with Crippen molar-refractivity contribution in [2.75, 3.05) is 32.8 Å². The minimum Gasteiger partial charge on any atom is -0.379 e. The molecule has 0 radical (unpaired) electrons. The van der Waals surface area contributed by atoms with E-state index in [-0.39, 0.29) is 10.8 Å². The highest BCUT2D eigenvalue weighted by atomic mass is 32.2. The first-order valence-electron chi connectivity index (χ1n) is 8.35. The Morgan fingerprint density at radius 3 is 2.54 bits per heavy atom. The first kappa shape index (κ1) is 18.6. The van der Waals surface area contributed by atoms with Crippen LogP contribution in [-0.2, 0) is 21.2 Å². The van der Waals surface area contributed by atoms with Crippen LogP contribution in [0.1, 0.15) is 21.8 Å². The van der Waals surface area contributed by atoms with Crippen molar-refractivity contribution in [1.29, 1.82) is 0 Å². The van der Waals surface area contributed by atoms with E-state index in [1.165, 1.54) is 28.6 Å². The number of morpholine rings is 1. The molecule has 0 unspecified atom stereocenters. The van der Waals surface area contributed by atoms with Gasteiger partial charge in [-0.15, -0.1) is 0 Å². The highest BCUT2D eigenvalue weighted by Gasteiger charge is 2.26. The molecule has 1 saturated heterocycles. The molecule has 1 aliphatic rings. The number of aryl methyl sites for hydroxylation is 1. The molecule has 2 aromatic rings. The van der Waals surface area contributed by atoms with Gasteiger partial charge < -0.3 is 14.6 Å². The standard InChI is InChI=1S/C17H21N3O5S/c1-13-12-15(25-19-13)6-7-18-17(21)14-2-4-16(5-3-14)26(22,23)20-8-10-24-11-9-20/h2-5,12H,6-11H2,1H3,(H,18,21). The van der Waals surface area contributed by atoms with Crippen LogP contribution in [0.25, 0.3) is 0 Å². The molecule has 1 aromatic carbocycles. The highest BCUT2D eigenvalue weighted by Crippen LogP contribution is 2.17. The van der Waals surface area contributed by atoms with E-state index in [2.05, 4.69) is 10.5 Å². The minimum absolute atomic E-state index is 0.174. The smallest absolute Gasteiger partial charge is 0.251 e. The minimum atomic E-state index is -3.55. The number of hydrogen-bond acceptors (Lipinski definition) is 6. The van der Waals surface area contributed by atoms with Crippen LogP contribution < -0.4 is 5.32 Å². The lowest BCUT2D eigenvalue weighted by Gasteiger charge is -2.26. The Morgan fingerprint density at radius 1 is 1.23 bits per heavy atom. The van der Waals surface area contributed by atoms with Crippen molar-refractivity contribution in [3.8, 4) is 0 Å². The zero-order valence-electron chi connectivity index (χ0n) is 14.5. The third kappa shape index (κ3) is 4.29. The number of carbonyl (C=O) groups is 1. The van der Waals surface area contributed by atoms with Crippen molar-refractivity contribution in [3.63, 3.8) is 0 Å². The Morgan fingerprint density at radius 2 is 1.92 bits per heavy atom. The van der Waals surface area contributed by atoms with Crippen molar-refractivity contribution in [1.82, 2.24) is 14.8 Å². The molecule has 0 saturated carbocycles. The summed E-state index contributed by atoms with van der Waals surface area (Å²) in [6.07, 6.45) is 0.538. The molecule has 8 nitrogen and oxygen atoms in total. The number of benzene rings is 1. The molecule has 0 spiro atoms. The Hall–Kier alpha value is -2.23. The summed E-state index contributed by atoms with van der Waals surface area (Å²) in [6, 6.07) is 7.76. The van der Waals surface area contributed by atoms with E-state index in [0.717, 1.165) is 5.69 Å². The van der Waals surface area contributed by atoms with Gasteiger partial charge >= 0.3 is 0 Å². The molecule has 3 rings (SSSR count). The molecule has 9 heteroatoms. The third-order valence-corrected chi connectivity index (χ3v) is 5.97. The van der Waals surface area contributed by atoms with Gasteiger partial charge in [-0.3, -0.25) is 4.79 Å². The van der Waals surface area contributed by atoms with Crippen LogP contribution in [0.3, 0.4) is 0 Å². The SMILES string of the molecule is Cc1cc(CCNC(=O)c2ccc(S(=O)(=O)N3CCOCC3)cc2)on1. The van der Waals surface area contributed by atoms with Gasteiger partial charge in [0.2, 0.25) is 10.0 Å². The lowest BCUT2D eigenvalue weighted by molar-refractivity contribution is 0.0730. The van der Waals surface area contributed by atoms with E-state index in [1.807, 2.05) is 13.0 Å². The molecule has 1 aliphatic heterocycles. The second kappa shape index (κ2) is 7.98. The first-order valence-corrected chi connectivity index (χ1v) is 9.79. The van der Waals surface area contributed by atoms with E-state index in [9.17, 15) is 13.2 Å². The van der Waals surface area contributed by atoms with Crippen LogP contribution in [0.15, 0.2) is 39.8 Å². The maximum Gasteiger partial charge on any atom is 0.251 e. The van der Waals surface area contributed by atoms with E-state index in [1.54, 1.807) is 0 Å². The van der Waals surface area contributed by atoms with Gasteiger partial charge in [0.1, 0.15) is 5.76 Å². The Kier molecular flexibility index (Phi) is 5.70. The van der Waals surface area contributed by atoms with E-state index < -0.39 is 10.0 Å². The maximum atomic E-state index is 12.6. The van der Waals surface area contributed by atoms with Crippen molar-refractivity contribution in [3.05, 3.63) is 47.3 Å². The third-order valence-electron chi connectivity index (χ3n) is 4.06. The summed E-state index contributed by atoms with van der Waals surface area (Å²) < 4.78 is 36.8. The Balaban J connectivity index is 1.58. The van der Waals surface area contributed by atoms with Crippen LogP contribution in [0.4, 0.5) is 0 Å². The quantitative estimate of drug-likeness (QED) is 0.803. The zero-order chi connectivity index (χ0) is 18.6. The summed E-state index contributed by atoms with van der Waals surface area (Å²) in [5.74, 6) is 0.436. The van der Waals surface area contributed by atoms with Gasteiger partial charge in [0.25, 0.3) is 5.91 Å². The molecule has 2 heterocycles. The number of nitrogens with one attached hydrogen (secondary N) is 1. The van der Waals surface area contributed by atoms with Crippen molar-refractivity contribution in [2.24, 2.45) is 0 Å². The summed E-state index contributed by atoms with van der Waals surface area (Å²) >= 11 is 0. The molecule has 1 amide bonds. The molecular formula is C17H21N3O5S. The topological polar surface area (TPSA) is 102 Å². The number of nitrogens with zero attached hydrogens (tertiary/aromatic N) is 2. The van der Waals surface area contributed by atoms with Gasteiger partial charge in [0.05, 0.1) is 23.8 Å². The average Bonchev–Trinajstić information content (AvgIpc) is 3.07. The first-order chi connectivity index (χ1) is 12.5. The van der Waals surface area contributed by atoms with Crippen LogP contribution in [-0.4, -0.2) is 56.6 Å². The number of amides is 1. The zero-order valence-corrected chi connectivity index (χ0v) is 15.3. The average molecular weight is 379 g/mol. The maximum absolute atomic E-state index is 12.6. The fourth-order valence-corrected chi connectivity index (χ4v) is 4.06. The van der Waals surface area contributed by atoms with E-state index >= 15 is 0 Å². The van der Waals surface area contributed by atoms with Crippen LogP contribution >= 0.6 is 0 Å². The predicted molar refractivity (Wildman–Crippen MR) is 93.3 cm³/mol. The second-order valence-electron chi connectivity index (χ2n) is 5.98. The summed E-state index contributed by atoms with van der Waals surface area (Å²) in [5, 5.41) is 6.56. The molecule has 140 valence electrons. The number of carbonyl (C=O) groups excluding carboxylic acids is 1. The molecule has 0 atom stereocenters. The molecule has 1 fully saturated rings. The molecule has 0 aliphatic carbocycles. The molecule has 1 N–H and O–H groups in total. The lowest BCUT2D eigenvalue weighted by atomic mass is 10.2. The number of sulfonamides is 1. The van der Waals surface area contributed by atoms with Crippen molar-refractivity contribution in [2.45, 2.75) is 18.2 Å². The number of rotatable bonds is 6. The Labute approximate surface area is 152 Å². The van der Waals surface area contributed by atoms with Gasteiger partial charge in [-0.2, -0.15) is 4.31 Å². The summed E-state index contributed by atoms with van der Waals surface area (Å²) in [4.78, 5) is 12.3. The van der Waals surface area contributed by atoms with Crippen LogP contribution in [0, 0.1) is 6.92 Å². The molecular weight excluding hydrogens is 358 g/mol. The fraction of sp³-hybridized carbons (Fsp3) is 0.412. The summed E-state index contributed by atoms with van der Waals surface area (Å²) in [5.41, 5.74) is 1.20. The van der Waals surface area contributed by atoms with Gasteiger partial charge in [-0.25, -0.2) is 8.42 Å². The van der Waals surface area contributed by atoms with Crippen molar-refractivity contribution >= 4 is 15.9 Å². The normalized spacial score (nSPS) is 15.7. The summed E-state index contributed by atoms with van der Waals surface area (Å²) in [6.45, 7) is 3.70. The van der Waals surface area contributed by atoms with E-state index in [4.69, 9.17) is 9.26 Å². The number of hydrogen-bond donors (Lipinski definition) is 1. The monoisotopic (exact) mass is 379 g/mol. The van der Waals surface area contributed by atoms with Crippen LogP contribution in [0.2, 0.25) is 0 Å². The lowest BCUT2D eigenvalue weighted by Crippen LogP contribution is -2.40. The summed E-state index contributed by atoms with van der Waals surface area (Å²) in [7, 11) is -3.55. The number of aromatic nitrogens is 1. The molecule has 1 aromatic heterocycles. The van der Waals surface area contributed by atoms with Crippen LogP contribution in [0.5, 0.6) is 0 Å². The van der Waals surface area contributed by atoms with E-state index in [0.29, 0.717) is 50.6 Å². The molecule has 26 heavy (non-hydrogen) atoms. The Bertz CT molecular complexity index is 855. The highest BCUT2D eigenvalue weighted by molar-refractivity contribution is 7.89. The number of ether oxygens (including phenoxy) is 1. The largest absolute Gasteiger partial charge is 0.379 e. The van der Waals surface area contributed by atoms with Gasteiger partial charge in [0.15, 0.2) is 0 Å².